The molecule has 0 spiro atoms. The standard InChI is InChI=1S/C25H23N3O2/c29-25-22(19-5-3-9-26-12-19)7-8-23-20-10-17(14-28(23)25)13-27(15-20)16-21-11-18-4-1-2-6-24(18)30-21/h1-9,11-12,17,20H,10,13-16H2. The van der Waals surface area contributed by atoms with Gasteiger partial charge in [0.2, 0.25) is 0 Å². The van der Waals surface area contributed by atoms with Crippen molar-refractivity contribution in [3.8, 4) is 11.1 Å². The molecule has 5 heterocycles. The molecule has 6 rings (SSSR count). The number of para-hydroxylation sites is 1. The van der Waals surface area contributed by atoms with Gasteiger partial charge in [-0.15, -0.1) is 0 Å². The molecule has 1 aromatic carbocycles. The van der Waals surface area contributed by atoms with Crippen molar-refractivity contribution in [2.75, 3.05) is 13.1 Å². The lowest BCUT2D eigenvalue weighted by Crippen LogP contribution is -2.46. The third-order valence-corrected chi connectivity index (χ3v) is 6.51. The third kappa shape index (κ3) is 2.97. The van der Waals surface area contributed by atoms with Gasteiger partial charge in [0.05, 0.1) is 6.54 Å². The molecule has 0 radical (unpaired) electrons. The van der Waals surface area contributed by atoms with Crippen LogP contribution in [0.25, 0.3) is 22.1 Å². The van der Waals surface area contributed by atoms with Crippen LogP contribution in [0.1, 0.15) is 23.8 Å². The molecule has 0 saturated carbocycles. The van der Waals surface area contributed by atoms with Gasteiger partial charge in [0.25, 0.3) is 5.56 Å². The van der Waals surface area contributed by atoms with E-state index in [1.54, 1.807) is 12.4 Å². The Balaban J connectivity index is 1.28. The monoisotopic (exact) mass is 397 g/mol. The molecule has 0 amide bonds. The van der Waals surface area contributed by atoms with Crippen molar-refractivity contribution in [1.29, 1.82) is 0 Å². The van der Waals surface area contributed by atoms with Gasteiger partial charge in [-0.05, 0) is 42.7 Å². The minimum atomic E-state index is 0.112. The number of fused-ring (bicyclic) bond motifs is 5. The molecule has 5 heteroatoms. The van der Waals surface area contributed by atoms with Crippen molar-refractivity contribution >= 4 is 11.0 Å². The van der Waals surface area contributed by atoms with Gasteiger partial charge in [-0.3, -0.25) is 14.7 Å². The lowest BCUT2D eigenvalue weighted by molar-refractivity contribution is 0.108. The largest absolute Gasteiger partial charge is 0.460 e. The Bertz CT molecular complexity index is 1240. The van der Waals surface area contributed by atoms with E-state index in [2.05, 4.69) is 28.1 Å². The molecule has 2 aliphatic heterocycles. The van der Waals surface area contributed by atoms with Crippen LogP contribution in [0.15, 0.2) is 76.2 Å². The van der Waals surface area contributed by atoms with Gasteiger partial charge in [0.1, 0.15) is 11.3 Å². The first-order chi connectivity index (χ1) is 14.7. The van der Waals surface area contributed by atoms with Gasteiger partial charge < -0.3 is 8.98 Å². The van der Waals surface area contributed by atoms with Crippen molar-refractivity contribution in [3.63, 3.8) is 0 Å². The maximum absolute atomic E-state index is 13.2. The van der Waals surface area contributed by atoms with Crippen molar-refractivity contribution < 1.29 is 4.42 Å². The molecule has 30 heavy (non-hydrogen) atoms. The smallest absolute Gasteiger partial charge is 0.258 e. The number of likely N-dealkylation sites (tertiary alicyclic amines) is 1. The van der Waals surface area contributed by atoms with Crippen LogP contribution in [-0.4, -0.2) is 27.5 Å². The second kappa shape index (κ2) is 6.96. The maximum Gasteiger partial charge on any atom is 0.258 e. The summed E-state index contributed by atoms with van der Waals surface area (Å²) in [5.41, 5.74) is 3.86. The number of benzene rings is 1. The van der Waals surface area contributed by atoms with Gasteiger partial charge in [-0.2, -0.15) is 0 Å². The summed E-state index contributed by atoms with van der Waals surface area (Å²) in [6.45, 7) is 3.56. The quantitative estimate of drug-likeness (QED) is 0.518. The van der Waals surface area contributed by atoms with E-state index in [-0.39, 0.29) is 5.56 Å². The van der Waals surface area contributed by atoms with E-state index >= 15 is 0 Å². The summed E-state index contributed by atoms with van der Waals surface area (Å²) in [7, 11) is 0. The fourth-order valence-corrected chi connectivity index (χ4v) is 5.25. The van der Waals surface area contributed by atoms with Crippen LogP contribution in [0, 0.1) is 5.92 Å². The van der Waals surface area contributed by atoms with Crippen LogP contribution in [0.5, 0.6) is 0 Å². The Hall–Kier alpha value is -3.18. The summed E-state index contributed by atoms with van der Waals surface area (Å²) >= 11 is 0. The predicted molar refractivity (Wildman–Crippen MR) is 116 cm³/mol. The third-order valence-electron chi connectivity index (χ3n) is 6.51. The Kier molecular flexibility index (Phi) is 4.09. The average Bonchev–Trinajstić information content (AvgIpc) is 3.17. The summed E-state index contributed by atoms with van der Waals surface area (Å²) in [6, 6.07) is 18.3. The molecule has 3 aromatic heterocycles. The minimum Gasteiger partial charge on any atom is -0.460 e. The van der Waals surface area contributed by atoms with E-state index in [4.69, 9.17) is 4.42 Å². The Morgan fingerprint density at radius 2 is 1.97 bits per heavy atom. The average molecular weight is 397 g/mol. The summed E-state index contributed by atoms with van der Waals surface area (Å²) in [4.78, 5) is 19.9. The lowest BCUT2D eigenvalue weighted by atomic mass is 9.82. The van der Waals surface area contributed by atoms with Crippen LogP contribution < -0.4 is 5.56 Å². The Morgan fingerprint density at radius 3 is 2.83 bits per heavy atom. The second-order valence-corrected chi connectivity index (χ2v) is 8.57. The number of pyridine rings is 2. The molecule has 2 atom stereocenters. The molecular formula is C25H23N3O2. The summed E-state index contributed by atoms with van der Waals surface area (Å²) < 4.78 is 8.06. The number of aromatic nitrogens is 2. The first-order valence-corrected chi connectivity index (χ1v) is 10.6. The molecule has 150 valence electrons. The van der Waals surface area contributed by atoms with Crippen molar-refractivity contribution in [2.45, 2.75) is 25.4 Å². The van der Waals surface area contributed by atoms with E-state index in [9.17, 15) is 4.79 Å². The normalized spacial score (nSPS) is 20.9. The zero-order valence-electron chi connectivity index (χ0n) is 16.7. The Morgan fingerprint density at radius 1 is 1.03 bits per heavy atom. The number of piperidine rings is 1. The molecule has 1 fully saturated rings. The maximum atomic E-state index is 13.2. The van der Waals surface area contributed by atoms with E-state index < -0.39 is 0 Å². The van der Waals surface area contributed by atoms with Crippen molar-refractivity contribution in [3.05, 3.63) is 88.8 Å². The first-order valence-electron chi connectivity index (χ1n) is 10.6. The number of nitrogens with zero attached hydrogens (tertiary/aromatic N) is 3. The lowest BCUT2D eigenvalue weighted by Gasteiger charge is -2.42. The molecule has 0 aliphatic carbocycles. The van der Waals surface area contributed by atoms with Crippen molar-refractivity contribution in [1.82, 2.24) is 14.5 Å². The molecular weight excluding hydrogens is 374 g/mol. The summed E-state index contributed by atoms with van der Waals surface area (Å²) in [5.74, 6) is 1.89. The predicted octanol–water partition coefficient (Wildman–Crippen LogP) is 4.28. The fourth-order valence-electron chi connectivity index (χ4n) is 5.25. The topological polar surface area (TPSA) is 51.3 Å². The molecule has 4 aromatic rings. The first kappa shape index (κ1) is 17.7. The number of hydrogen-bond acceptors (Lipinski definition) is 4. The highest BCUT2D eigenvalue weighted by Crippen LogP contribution is 2.36. The van der Waals surface area contributed by atoms with Crippen LogP contribution in [0.2, 0.25) is 0 Å². The van der Waals surface area contributed by atoms with Crippen LogP contribution in [-0.2, 0) is 13.1 Å². The number of hydrogen-bond donors (Lipinski definition) is 0. The Labute approximate surface area is 174 Å². The van der Waals surface area contributed by atoms with Crippen LogP contribution in [0.4, 0.5) is 0 Å². The van der Waals surface area contributed by atoms with Crippen molar-refractivity contribution in [2.24, 2.45) is 5.92 Å². The zero-order valence-corrected chi connectivity index (χ0v) is 16.7. The fraction of sp³-hybridized carbons (Fsp3) is 0.280. The molecule has 1 saturated heterocycles. The number of furan rings is 1. The van der Waals surface area contributed by atoms with Gasteiger partial charge >= 0.3 is 0 Å². The minimum absolute atomic E-state index is 0.112. The molecule has 5 nitrogen and oxygen atoms in total. The van der Waals surface area contributed by atoms with Gasteiger partial charge in [0, 0.05) is 60.2 Å². The van der Waals surface area contributed by atoms with Gasteiger partial charge in [0.15, 0.2) is 0 Å². The highest BCUT2D eigenvalue weighted by molar-refractivity contribution is 5.77. The number of rotatable bonds is 3. The molecule has 2 bridgehead atoms. The van der Waals surface area contributed by atoms with E-state index in [1.807, 2.05) is 41.0 Å². The van der Waals surface area contributed by atoms with E-state index in [1.165, 1.54) is 0 Å². The highest BCUT2D eigenvalue weighted by atomic mass is 16.3. The van der Waals surface area contributed by atoms with Crippen LogP contribution in [0.3, 0.4) is 0 Å². The van der Waals surface area contributed by atoms with E-state index in [0.717, 1.165) is 66.2 Å². The second-order valence-electron chi connectivity index (χ2n) is 8.57. The van der Waals surface area contributed by atoms with Gasteiger partial charge in [-0.1, -0.05) is 24.3 Å². The summed E-state index contributed by atoms with van der Waals surface area (Å²) in [6.07, 6.45) is 4.66. The zero-order chi connectivity index (χ0) is 20.1. The van der Waals surface area contributed by atoms with Crippen LogP contribution >= 0.6 is 0 Å². The molecule has 2 aliphatic rings. The molecule has 2 unspecified atom stereocenters. The highest BCUT2D eigenvalue weighted by Gasteiger charge is 2.35. The SMILES string of the molecule is O=c1c(-c2cccnc2)ccc2n1CC1CC2CN(Cc2cc3ccccc3o2)C1. The van der Waals surface area contributed by atoms with Gasteiger partial charge in [-0.25, -0.2) is 0 Å². The van der Waals surface area contributed by atoms with E-state index in [0.29, 0.717) is 11.8 Å². The summed E-state index contributed by atoms with van der Waals surface area (Å²) in [5, 5.41) is 1.16. The molecule has 0 N–H and O–H groups in total.